The summed E-state index contributed by atoms with van der Waals surface area (Å²) in [6, 6.07) is 1.78. The predicted molar refractivity (Wildman–Crippen MR) is 80.3 cm³/mol. The van der Waals surface area contributed by atoms with Crippen molar-refractivity contribution in [2.45, 2.75) is 38.7 Å². The maximum absolute atomic E-state index is 10.4. The van der Waals surface area contributed by atoms with Gasteiger partial charge in [-0.2, -0.15) is 0 Å². The van der Waals surface area contributed by atoms with E-state index < -0.39 is 6.10 Å². The average Bonchev–Trinajstić information content (AvgIpc) is 2.87. The van der Waals surface area contributed by atoms with Gasteiger partial charge in [-0.25, -0.2) is 4.98 Å². The third kappa shape index (κ3) is 3.35. The van der Waals surface area contributed by atoms with Crippen molar-refractivity contribution in [3.63, 3.8) is 0 Å². The molecule has 0 aliphatic heterocycles. The van der Waals surface area contributed by atoms with Crippen molar-refractivity contribution in [1.82, 2.24) is 9.97 Å². The van der Waals surface area contributed by atoms with E-state index in [1.165, 1.54) is 0 Å². The van der Waals surface area contributed by atoms with E-state index in [9.17, 15) is 5.11 Å². The molecule has 4 nitrogen and oxygen atoms in total. The van der Waals surface area contributed by atoms with Crippen molar-refractivity contribution in [2.24, 2.45) is 0 Å². The summed E-state index contributed by atoms with van der Waals surface area (Å²) in [5, 5.41) is 13.3. The summed E-state index contributed by atoms with van der Waals surface area (Å²) >= 11 is 1.59. The fraction of sp³-hybridized carbons (Fsp3) is 0.467. The van der Waals surface area contributed by atoms with Crippen LogP contribution < -0.4 is 4.74 Å². The minimum atomic E-state index is -0.632. The SMILES string of the molecule is COc1cnccc1C(O)Cc1nc(C(C)(C)C)cs1. The fourth-order valence-electron chi connectivity index (χ4n) is 1.86. The largest absolute Gasteiger partial charge is 0.495 e. The average molecular weight is 292 g/mol. The molecule has 0 saturated carbocycles. The first-order chi connectivity index (χ1) is 9.41. The topological polar surface area (TPSA) is 55.2 Å². The van der Waals surface area contributed by atoms with E-state index in [0.717, 1.165) is 16.3 Å². The smallest absolute Gasteiger partial charge is 0.142 e. The van der Waals surface area contributed by atoms with Gasteiger partial charge in [-0.15, -0.1) is 11.3 Å². The number of aromatic nitrogens is 2. The molecule has 0 aliphatic carbocycles. The summed E-state index contributed by atoms with van der Waals surface area (Å²) in [6.07, 6.45) is 3.12. The minimum absolute atomic E-state index is 0.0358. The second-order valence-electron chi connectivity index (χ2n) is 5.71. The second kappa shape index (κ2) is 5.89. The van der Waals surface area contributed by atoms with Gasteiger partial charge in [0.05, 0.1) is 30.1 Å². The Morgan fingerprint density at radius 2 is 2.15 bits per heavy atom. The van der Waals surface area contributed by atoms with Crippen molar-refractivity contribution >= 4 is 11.3 Å². The lowest BCUT2D eigenvalue weighted by Gasteiger charge is -2.15. The Morgan fingerprint density at radius 1 is 1.40 bits per heavy atom. The Bertz CT molecular complexity index is 575. The Balaban J connectivity index is 2.15. The number of rotatable bonds is 4. The van der Waals surface area contributed by atoms with Crippen LogP contribution in [0.15, 0.2) is 23.8 Å². The molecule has 1 N–H and O–H groups in total. The van der Waals surface area contributed by atoms with Crippen LogP contribution in [0.2, 0.25) is 0 Å². The summed E-state index contributed by atoms with van der Waals surface area (Å²) in [5.74, 6) is 0.604. The lowest BCUT2D eigenvalue weighted by Crippen LogP contribution is -2.12. The van der Waals surface area contributed by atoms with Gasteiger partial charge < -0.3 is 9.84 Å². The third-order valence-electron chi connectivity index (χ3n) is 3.08. The molecule has 0 bridgehead atoms. The maximum Gasteiger partial charge on any atom is 0.142 e. The zero-order chi connectivity index (χ0) is 14.8. The van der Waals surface area contributed by atoms with Gasteiger partial charge in [0.25, 0.3) is 0 Å². The van der Waals surface area contributed by atoms with Crippen molar-refractivity contribution in [3.8, 4) is 5.75 Å². The molecule has 1 unspecified atom stereocenters. The van der Waals surface area contributed by atoms with E-state index in [1.807, 2.05) is 0 Å². The summed E-state index contributed by atoms with van der Waals surface area (Å²) in [6.45, 7) is 6.40. The predicted octanol–water partition coefficient (Wildman–Crippen LogP) is 3.12. The van der Waals surface area contributed by atoms with Crippen LogP contribution >= 0.6 is 11.3 Å². The number of aliphatic hydroxyl groups excluding tert-OH is 1. The van der Waals surface area contributed by atoms with Crippen LogP contribution in [-0.4, -0.2) is 22.2 Å². The molecule has 5 heteroatoms. The van der Waals surface area contributed by atoms with Gasteiger partial charge >= 0.3 is 0 Å². The van der Waals surface area contributed by atoms with Gasteiger partial charge in [-0.05, 0) is 6.07 Å². The highest BCUT2D eigenvalue weighted by molar-refractivity contribution is 7.09. The van der Waals surface area contributed by atoms with Gasteiger partial charge in [-0.1, -0.05) is 20.8 Å². The number of hydrogen-bond acceptors (Lipinski definition) is 5. The molecular weight excluding hydrogens is 272 g/mol. The van der Waals surface area contributed by atoms with Crippen LogP contribution in [0.3, 0.4) is 0 Å². The molecule has 0 fully saturated rings. The summed E-state index contributed by atoms with van der Waals surface area (Å²) in [4.78, 5) is 8.60. The number of ether oxygens (including phenoxy) is 1. The minimum Gasteiger partial charge on any atom is -0.495 e. The third-order valence-corrected chi connectivity index (χ3v) is 3.95. The van der Waals surface area contributed by atoms with E-state index in [2.05, 4.69) is 36.1 Å². The molecule has 20 heavy (non-hydrogen) atoms. The van der Waals surface area contributed by atoms with E-state index in [0.29, 0.717) is 12.2 Å². The fourth-order valence-corrected chi connectivity index (χ4v) is 2.92. The Hall–Kier alpha value is -1.46. The normalized spacial score (nSPS) is 13.2. The standard InChI is InChI=1S/C15H20N2O2S/c1-15(2,3)13-9-20-14(17-13)7-11(18)10-5-6-16-8-12(10)19-4/h5-6,8-9,11,18H,7H2,1-4H3. The molecule has 2 aromatic rings. The number of pyridine rings is 1. The number of aliphatic hydroxyl groups is 1. The van der Waals surface area contributed by atoms with E-state index in [-0.39, 0.29) is 5.41 Å². The van der Waals surface area contributed by atoms with E-state index in [4.69, 9.17) is 4.74 Å². The molecule has 108 valence electrons. The van der Waals surface area contributed by atoms with Gasteiger partial charge in [0.15, 0.2) is 0 Å². The number of methoxy groups -OCH3 is 1. The molecule has 0 aromatic carbocycles. The second-order valence-corrected chi connectivity index (χ2v) is 6.66. The molecule has 0 amide bonds. The molecule has 0 aliphatic rings. The first kappa shape index (κ1) is 14.9. The van der Waals surface area contributed by atoms with E-state index in [1.54, 1.807) is 36.9 Å². The lowest BCUT2D eigenvalue weighted by atomic mass is 9.93. The molecule has 2 heterocycles. The number of nitrogens with zero attached hydrogens (tertiary/aromatic N) is 2. The van der Waals surface area contributed by atoms with Gasteiger partial charge in [-0.3, -0.25) is 4.98 Å². The maximum atomic E-state index is 10.4. The monoisotopic (exact) mass is 292 g/mol. The van der Waals surface area contributed by atoms with Crippen molar-refractivity contribution in [1.29, 1.82) is 0 Å². The zero-order valence-electron chi connectivity index (χ0n) is 12.3. The molecule has 2 rings (SSSR count). The quantitative estimate of drug-likeness (QED) is 0.940. The Morgan fingerprint density at radius 3 is 2.75 bits per heavy atom. The number of thiazole rings is 1. The Kier molecular flexibility index (Phi) is 4.40. The molecule has 1 atom stereocenters. The van der Waals surface area contributed by atoms with E-state index >= 15 is 0 Å². The van der Waals surface area contributed by atoms with Crippen LogP contribution in [0.25, 0.3) is 0 Å². The van der Waals surface area contributed by atoms with Gasteiger partial charge in [0.2, 0.25) is 0 Å². The van der Waals surface area contributed by atoms with Crippen LogP contribution in [-0.2, 0) is 11.8 Å². The van der Waals surface area contributed by atoms with Crippen molar-refractivity contribution < 1.29 is 9.84 Å². The molecule has 2 aromatic heterocycles. The first-order valence-electron chi connectivity index (χ1n) is 6.52. The van der Waals surface area contributed by atoms with Crippen LogP contribution in [0, 0.1) is 0 Å². The summed E-state index contributed by atoms with van der Waals surface area (Å²) in [7, 11) is 1.58. The highest BCUT2D eigenvalue weighted by Crippen LogP contribution is 2.29. The molecule has 0 radical (unpaired) electrons. The highest BCUT2D eigenvalue weighted by Gasteiger charge is 2.20. The number of hydrogen-bond donors (Lipinski definition) is 1. The zero-order valence-corrected chi connectivity index (χ0v) is 13.1. The molecule has 0 spiro atoms. The molecular formula is C15H20N2O2S. The highest BCUT2D eigenvalue weighted by atomic mass is 32.1. The summed E-state index contributed by atoms with van der Waals surface area (Å²) < 4.78 is 5.22. The summed E-state index contributed by atoms with van der Waals surface area (Å²) in [5.41, 5.74) is 1.84. The van der Waals surface area contributed by atoms with Crippen molar-refractivity contribution in [3.05, 3.63) is 40.1 Å². The van der Waals surface area contributed by atoms with Crippen LogP contribution in [0.5, 0.6) is 5.75 Å². The lowest BCUT2D eigenvalue weighted by molar-refractivity contribution is 0.173. The first-order valence-corrected chi connectivity index (χ1v) is 7.40. The van der Waals surface area contributed by atoms with Crippen LogP contribution in [0.4, 0.5) is 0 Å². The van der Waals surface area contributed by atoms with Crippen LogP contribution in [0.1, 0.15) is 43.1 Å². The van der Waals surface area contributed by atoms with Crippen molar-refractivity contribution in [2.75, 3.05) is 7.11 Å². The van der Waals surface area contributed by atoms with Gasteiger partial charge in [0, 0.05) is 29.0 Å². The Labute approximate surface area is 123 Å². The van der Waals surface area contributed by atoms with Gasteiger partial charge in [0.1, 0.15) is 5.75 Å². The molecule has 0 saturated heterocycles.